The number of anilines is 2. The summed E-state index contributed by atoms with van der Waals surface area (Å²) in [6, 6.07) is 16.7. The van der Waals surface area contributed by atoms with E-state index >= 15 is 0 Å². The zero-order valence-corrected chi connectivity index (χ0v) is 18.7. The van der Waals surface area contributed by atoms with Crippen molar-refractivity contribution in [3.63, 3.8) is 0 Å². The number of pyridine rings is 1. The molecule has 35 heavy (non-hydrogen) atoms. The van der Waals surface area contributed by atoms with Gasteiger partial charge >= 0.3 is 12.2 Å². The number of thiophene rings is 1. The minimum atomic E-state index is -4.50. The highest BCUT2D eigenvalue weighted by molar-refractivity contribution is 7.21. The standard InChI is InChI=1S/C25H16F3N5OS/c26-25(27,28)17-4-2-6-19(12-17)33-24(34)32-18-5-1-3-16(11-18)22-20-13-21(15-7-9-29-10-8-15)35-23(20)31-14-30-22/h1-14H,(H2,32,33,34). The number of fused-ring (bicyclic) bond motifs is 1. The molecule has 0 saturated heterocycles. The molecule has 2 aromatic carbocycles. The van der Waals surface area contributed by atoms with Gasteiger partial charge in [-0.2, -0.15) is 13.2 Å². The van der Waals surface area contributed by atoms with Crippen LogP contribution in [0.1, 0.15) is 5.56 Å². The molecule has 0 spiro atoms. The largest absolute Gasteiger partial charge is 0.416 e. The molecular weight excluding hydrogens is 475 g/mol. The summed E-state index contributed by atoms with van der Waals surface area (Å²) < 4.78 is 38.8. The van der Waals surface area contributed by atoms with Gasteiger partial charge in [0.05, 0.1) is 11.3 Å². The Morgan fingerprint density at radius 2 is 1.54 bits per heavy atom. The van der Waals surface area contributed by atoms with E-state index in [1.165, 1.54) is 29.8 Å². The maximum Gasteiger partial charge on any atom is 0.416 e. The van der Waals surface area contributed by atoms with Crippen LogP contribution in [0, 0.1) is 0 Å². The number of hydrogen-bond donors (Lipinski definition) is 2. The van der Waals surface area contributed by atoms with Gasteiger partial charge in [0.1, 0.15) is 11.2 Å². The number of hydrogen-bond acceptors (Lipinski definition) is 5. The Kier molecular flexibility index (Phi) is 5.87. The molecule has 10 heteroatoms. The topological polar surface area (TPSA) is 79.8 Å². The number of nitrogens with zero attached hydrogens (tertiary/aromatic N) is 3. The van der Waals surface area contributed by atoms with Gasteiger partial charge in [-0.05, 0) is 54.1 Å². The van der Waals surface area contributed by atoms with Gasteiger partial charge in [0.25, 0.3) is 0 Å². The Morgan fingerprint density at radius 1 is 0.829 bits per heavy atom. The molecule has 0 fully saturated rings. The van der Waals surface area contributed by atoms with Crippen LogP contribution in [-0.4, -0.2) is 21.0 Å². The number of carbonyl (C=O) groups excluding carboxylic acids is 1. The lowest BCUT2D eigenvalue weighted by molar-refractivity contribution is -0.137. The maximum absolute atomic E-state index is 12.9. The van der Waals surface area contributed by atoms with Gasteiger partial charge < -0.3 is 10.6 Å². The third-order valence-corrected chi connectivity index (χ3v) is 6.23. The summed E-state index contributed by atoms with van der Waals surface area (Å²) in [5, 5.41) is 5.96. The summed E-state index contributed by atoms with van der Waals surface area (Å²) >= 11 is 1.54. The van der Waals surface area contributed by atoms with E-state index in [-0.39, 0.29) is 5.69 Å². The number of alkyl halides is 3. The minimum Gasteiger partial charge on any atom is -0.308 e. The normalized spacial score (nSPS) is 11.4. The summed E-state index contributed by atoms with van der Waals surface area (Å²) in [5.41, 5.74) is 2.14. The molecule has 2 N–H and O–H groups in total. The average Bonchev–Trinajstić information content (AvgIpc) is 3.29. The highest BCUT2D eigenvalue weighted by Crippen LogP contribution is 2.37. The lowest BCUT2D eigenvalue weighted by Gasteiger charge is -2.11. The van der Waals surface area contributed by atoms with E-state index in [0.29, 0.717) is 11.4 Å². The first kappa shape index (κ1) is 22.5. The Hall–Kier alpha value is -4.31. The smallest absolute Gasteiger partial charge is 0.308 e. The van der Waals surface area contributed by atoms with Crippen LogP contribution in [0.15, 0.2) is 85.5 Å². The predicted molar refractivity (Wildman–Crippen MR) is 130 cm³/mol. The zero-order chi connectivity index (χ0) is 24.4. The molecule has 0 aliphatic rings. The van der Waals surface area contributed by atoms with Gasteiger partial charge in [-0.25, -0.2) is 14.8 Å². The average molecular weight is 491 g/mol. The second-order valence-corrected chi connectivity index (χ2v) is 8.56. The van der Waals surface area contributed by atoms with E-state index in [0.717, 1.165) is 38.4 Å². The van der Waals surface area contributed by atoms with E-state index in [2.05, 4.69) is 25.6 Å². The molecule has 0 atom stereocenters. The number of aromatic nitrogens is 3. The van der Waals surface area contributed by atoms with Gasteiger partial charge in [0, 0.05) is 39.6 Å². The molecule has 0 radical (unpaired) electrons. The molecule has 0 unspecified atom stereocenters. The molecule has 0 bridgehead atoms. The summed E-state index contributed by atoms with van der Waals surface area (Å²) in [6.07, 6.45) is 0.451. The lowest BCUT2D eigenvalue weighted by Crippen LogP contribution is -2.19. The first-order chi connectivity index (χ1) is 16.9. The first-order valence-electron chi connectivity index (χ1n) is 10.4. The Morgan fingerprint density at radius 3 is 2.29 bits per heavy atom. The summed E-state index contributed by atoms with van der Waals surface area (Å²) in [6.45, 7) is 0. The van der Waals surface area contributed by atoms with Crippen molar-refractivity contribution in [1.82, 2.24) is 15.0 Å². The number of benzene rings is 2. The van der Waals surface area contributed by atoms with Gasteiger partial charge in [-0.1, -0.05) is 18.2 Å². The Bertz CT molecular complexity index is 1520. The summed E-state index contributed by atoms with van der Waals surface area (Å²) in [7, 11) is 0. The third-order valence-electron chi connectivity index (χ3n) is 5.14. The monoisotopic (exact) mass is 491 g/mol. The van der Waals surface area contributed by atoms with Crippen molar-refractivity contribution in [2.75, 3.05) is 10.6 Å². The molecule has 174 valence electrons. The van der Waals surface area contributed by atoms with Gasteiger partial charge in [-0.3, -0.25) is 4.98 Å². The minimum absolute atomic E-state index is 0.0351. The zero-order valence-electron chi connectivity index (χ0n) is 17.9. The van der Waals surface area contributed by atoms with Crippen molar-refractivity contribution in [2.45, 2.75) is 6.18 Å². The molecule has 5 rings (SSSR count). The van der Waals surface area contributed by atoms with Crippen molar-refractivity contribution in [2.24, 2.45) is 0 Å². The van der Waals surface area contributed by atoms with Crippen LogP contribution >= 0.6 is 11.3 Å². The predicted octanol–water partition coefficient (Wildman–Crippen LogP) is 7.08. The second kappa shape index (κ2) is 9.15. The fourth-order valence-electron chi connectivity index (χ4n) is 3.55. The van der Waals surface area contributed by atoms with Crippen molar-refractivity contribution >= 4 is 39.0 Å². The quantitative estimate of drug-likeness (QED) is 0.281. The summed E-state index contributed by atoms with van der Waals surface area (Å²) in [4.78, 5) is 27.2. The maximum atomic E-state index is 12.9. The highest BCUT2D eigenvalue weighted by atomic mass is 32.1. The first-order valence-corrected chi connectivity index (χ1v) is 11.2. The van der Waals surface area contributed by atoms with Crippen molar-refractivity contribution in [1.29, 1.82) is 0 Å². The Labute approximate surface area is 201 Å². The van der Waals surface area contributed by atoms with E-state index in [1.807, 2.05) is 24.3 Å². The molecule has 3 aromatic heterocycles. The van der Waals surface area contributed by atoms with Crippen molar-refractivity contribution in [3.8, 4) is 21.7 Å². The molecule has 0 aliphatic carbocycles. The Balaban J connectivity index is 1.39. The molecule has 3 heterocycles. The molecule has 5 aromatic rings. The summed E-state index contributed by atoms with van der Waals surface area (Å²) in [5.74, 6) is 0. The van der Waals surface area contributed by atoms with Crippen molar-refractivity contribution < 1.29 is 18.0 Å². The lowest BCUT2D eigenvalue weighted by atomic mass is 10.1. The molecule has 0 aliphatic heterocycles. The van der Waals surface area contributed by atoms with Crippen LogP contribution in [0.25, 0.3) is 31.9 Å². The van der Waals surface area contributed by atoms with Gasteiger partial charge in [0.15, 0.2) is 0 Å². The number of halogens is 3. The number of nitrogens with one attached hydrogen (secondary N) is 2. The number of rotatable bonds is 4. The van der Waals surface area contributed by atoms with E-state index in [1.54, 1.807) is 30.6 Å². The molecule has 2 amide bonds. The van der Waals surface area contributed by atoms with Crippen LogP contribution in [0.3, 0.4) is 0 Å². The van der Waals surface area contributed by atoms with E-state index in [4.69, 9.17) is 0 Å². The second-order valence-electron chi connectivity index (χ2n) is 7.53. The van der Waals surface area contributed by atoms with Gasteiger partial charge in [0.2, 0.25) is 0 Å². The third kappa shape index (κ3) is 4.97. The van der Waals surface area contributed by atoms with Crippen LogP contribution in [0.2, 0.25) is 0 Å². The van der Waals surface area contributed by atoms with Crippen LogP contribution in [0.4, 0.5) is 29.3 Å². The number of carbonyl (C=O) groups is 1. The van der Waals surface area contributed by atoms with Crippen LogP contribution < -0.4 is 10.6 Å². The number of urea groups is 1. The fourth-order valence-corrected chi connectivity index (χ4v) is 4.56. The van der Waals surface area contributed by atoms with E-state index < -0.39 is 17.8 Å². The van der Waals surface area contributed by atoms with E-state index in [9.17, 15) is 18.0 Å². The number of amides is 2. The van der Waals surface area contributed by atoms with Crippen LogP contribution in [0.5, 0.6) is 0 Å². The molecule has 6 nitrogen and oxygen atoms in total. The van der Waals surface area contributed by atoms with Crippen molar-refractivity contribution in [3.05, 3.63) is 91.0 Å². The van der Waals surface area contributed by atoms with Crippen LogP contribution in [-0.2, 0) is 6.18 Å². The SMILES string of the molecule is O=C(Nc1cccc(-c2ncnc3sc(-c4ccncc4)cc23)c1)Nc1cccc(C(F)(F)F)c1. The van der Waals surface area contributed by atoms with Gasteiger partial charge in [-0.15, -0.1) is 11.3 Å². The molecular formula is C25H16F3N5OS. The highest BCUT2D eigenvalue weighted by Gasteiger charge is 2.30. The molecule has 0 saturated carbocycles. The fraction of sp³-hybridized carbons (Fsp3) is 0.0400.